The Hall–Kier alpha value is -1.06. The molecule has 102 valence electrons. The highest BCUT2D eigenvalue weighted by atomic mass is 35.5. The lowest BCUT2D eigenvalue weighted by molar-refractivity contribution is 0.0855. The van der Waals surface area contributed by atoms with Gasteiger partial charge in [-0.2, -0.15) is 0 Å². The standard InChI is InChI=1S/C15H19ClN2O/c16-8-10-1-2-12(15(17)19)13(7-10)14-9-18-5-3-11(14)4-6-18/h1-2,7,11,14H,3-6,8-9H2,(H2,17,19)/t14-/m0/s1. The van der Waals surface area contributed by atoms with Gasteiger partial charge in [0.15, 0.2) is 0 Å². The van der Waals surface area contributed by atoms with E-state index >= 15 is 0 Å². The number of fused-ring (bicyclic) bond motifs is 3. The van der Waals surface area contributed by atoms with Gasteiger partial charge in [0.2, 0.25) is 5.91 Å². The highest BCUT2D eigenvalue weighted by molar-refractivity contribution is 6.17. The van der Waals surface area contributed by atoms with E-state index < -0.39 is 0 Å². The third-order valence-corrected chi connectivity index (χ3v) is 4.90. The van der Waals surface area contributed by atoms with Crippen LogP contribution in [0.5, 0.6) is 0 Å². The average molecular weight is 279 g/mol. The summed E-state index contributed by atoms with van der Waals surface area (Å²) in [6, 6.07) is 5.82. The summed E-state index contributed by atoms with van der Waals surface area (Å²) in [5.74, 6) is 1.28. The number of nitrogens with two attached hydrogens (primary N) is 1. The maximum absolute atomic E-state index is 11.6. The number of carbonyl (C=O) groups excluding carboxylic acids is 1. The Morgan fingerprint density at radius 1 is 1.37 bits per heavy atom. The topological polar surface area (TPSA) is 46.3 Å². The molecule has 3 fully saturated rings. The first-order valence-electron chi connectivity index (χ1n) is 6.90. The van der Waals surface area contributed by atoms with Gasteiger partial charge in [-0.1, -0.05) is 12.1 Å². The Labute approximate surface area is 118 Å². The Morgan fingerprint density at radius 3 is 2.63 bits per heavy atom. The summed E-state index contributed by atoms with van der Waals surface area (Å²) >= 11 is 5.92. The molecule has 1 aromatic carbocycles. The lowest BCUT2D eigenvalue weighted by atomic mass is 9.74. The Bertz CT molecular complexity index is 495. The van der Waals surface area contributed by atoms with E-state index in [9.17, 15) is 4.79 Å². The van der Waals surface area contributed by atoms with Crippen molar-refractivity contribution in [3.63, 3.8) is 0 Å². The van der Waals surface area contributed by atoms with E-state index in [1.165, 1.54) is 25.9 Å². The highest BCUT2D eigenvalue weighted by Gasteiger charge is 2.36. The predicted octanol–water partition coefficient (Wildman–Crippen LogP) is 2.33. The van der Waals surface area contributed by atoms with Crippen LogP contribution in [-0.2, 0) is 5.88 Å². The molecule has 3 saturated heterocycles. The number of benzene rings is 1. The highest BCUT2D eigenvalue weighted by Crippen LogP contribution is 2.40. The molecule has 3 aliphatic rings. The number of alkyl halides is 1. The van der Waals surface area contributed by atoms with Crippen molar-refractivity contribution in [1.29, 1.82) is 0 Å². The van der Waals surface area contributed by atoms with Gasteiger partial charge >= 0.3 is 0 Å². The van der Waals surface area contributed by atoms with Crippen molar-refractivity contribution in [3.05, 3.63) is 34.9 Å². The van der Waals surface area contributed by atoms with E-state index in [1.807, 2.05) is 12.1 Å². The zero-order valence-corrected chi connectivity index (χ0v) is 11.7. The summed E-state index contributed by atoms with van der Waals surface area (Å²) < 4.78 is 0. The molecule has 0 saturated carbocycles. The molecule has 0 radical (unpaired) electrons. The van der Waals surface area contributed by atoms with Gasteiger partial charge in [0, 0.05) is 23.9 Å². The quantitative estimate of drug-likeness (QED) is 0.863. The van der Waals surface area contributed by atoms with Gasteiger partial charge in [0.05, 0.1) is 0 Å². The summed E-state index contributed by atoms with van der Waals surface area (Å²) in [4.78, 5) is 14.1. The molecule has 4 rings (SSSR count). The molecule has 4 heteroatoms. The van der Waals surface area contributed by atoms with Gasteiger partial charge in [-0.3, -0.25) is 4.79 Å². The second-order valence-corrected chi connectivity index (χ2v) is 5.93. The van der Waals surface area contributed by atoms with Gasteiger partial charge in [0.1, 0.15) is 0 Å². The van der Waals surface area contributed by atoms with Crippen LogP contribution in [0.25, 0.3) is 0 Å². The number of rotatable bonds is 3. The van der Waals surface area contributed by atoms with E-state index in [0.29, 0.717) is 23.3 Å². The predicted molar refractivity (Wildman–Crippen MR) is 76.4 cm³/mol. The average Bonchev–Trinajstić information content (AvgIpc) is 2.47. The van der Waals surface area contributed by atoms with Gasteiger partial charge in [-0.05, 0) is 49.0 Å². The minimum atomic E-state index is -0.326. The van der Waals surface area contributed by atoms with Crippen molar-refractivity contribution in [2.24, 2.45) is 11.7 Å². The van der Waals surface area contributed by atoms with Crippen LogP contribution in [-0.4, -0.2) is 30.4 Å². The number of carbonyl (C=O) groups is 1. The number of nitrogens with zero attached hydrogens (tertiary/aromatic N) is 1. The van der Waals surface area contributed by atoms with Crippen LogP contribution in [0.3, 0.4) is 0 Å². The molecule has 19 heavy (non-hydrogen) atoms. The van der Waals surface area contributed by atoms with E-state index in [4.69, 9.17) is 17.3 Å². The molecule has 3 nitrogen and oxygen atoms in total. The van der Waals surface area contributed by atoms with Crippen LogP contribution < -0.4 is 5.73 Å². The molecule has 1 amide bonds. The summed E-state index contributed by atoms with van der Waals surface area (Å²) in [5.41, 5.74) is 8.38. The fourth-order valence-electron chi connectivity index (χ4n) is 3.54. The Morgan fingerprint density at radius 2 is 2.11 bits per heavy atom. The van der Waals surface area contributed by atoms with Crippen LogP contribution in [0.15, 0.2) is 18.2 Å². The minimum absolute atomic E-state index is 0.326. The number of primary amides is 1. The van der Waals surface area contributed by atoms with Crippen LogP contribution in [0.4, 0.5) is 0 Å². The molecule has 3 aliphatic heterocycles. The third-order valence-electron chi connectivity index (χ3n) is 4.59. The summed E-state index contributed by atoms with van der Waals surface area (Å²) in [6.45, 7) is 3.45. The largest absolute Gasteiger partial charge is 0.366 e. The fraction of sp³-hybridized carbons (Fsp3) is 0.533. The van der Waals surface area contributed by atoms with Crippen molar-refractivity contribution in [2.75, 3.05) is 19.6 Å². The third kappa shape index (κ3) is 2.37. The molecular formula is C15H19ClN2O. The number of amides is 1. The summed E-state index contributed by atoms with van der Waals surface area (Å²) in [7, 11) is 0. The summed E-state index contributed by atoms with van der Waals surface area (Å²) in [5, 5.41) is 0. The van der Waals surface area contributed by atoms with Crippen LogP contribution in [0.2, 0.25) is 0 Å². The van der Waals surface area contributed by atoms with Gasteiger partial charge < -0.3 is 10.6 Å². The van der Waals surface area contributed by atoms with E-state index in [2.05, 4.69) is 11.0 Å². The summed E-state index contributed by atoms with van der Waals surface area (Å²) in [6.07, 6.45) is 2.46. The second kappa shape index (κ2) is 5.14. The van der Waals surface area contributed by atoms with Gasteiger partial charge in [-0.15, -0.1) is 11.6 Å². The first-order valence-corrected chi connectivity index (χ1v) is 7.43. The maximum atomic E-state index is 11.6. The normalized spacial score (nSPS) is 29.4. The van der Waals surface area contributed by atoms with Crippen molar-refractivity contribution in [2.45, 2.75) is 24.6 Å². The van der Waals surface area contributed by atoms with Gasteiger partial charge in [-0.25, -0.2) is 0 Å². The molecular weight excluding hydrogens is 260 g/mol. The van der Waals surface area contributed by atoms with Crippen molar-refractivity contribution in [3.8, 4) is 0 Å². The van der Waals surface area contributed by atoms with Crippen LogP contribution >= 0.6 is 11.6 Å². The maximum Gasteiger partial charge on any atom is 0.248 e. The van der Waals surface area contributed by atoms with Crippen molar-refractivity contribution in [1.82, 2.24) is 4.90 Å². The molecule has 1 aromatic rings. The first-order chi connectivity index (χ1) is 9.19. The lowest BCUT2D eigenvalue weighted by Crippen LogP contribution is -2.46. The van der Waals surface area contributed by atoms with Crippen LogP contribution in [0.1, 0.15) is 40.2 Å². The SMILES string of the molecule is NC(=O)c1ccc(CCl)cc1[C@H]1CN2CCC1CC2. The van der Waals surface area contributed by atoms with E-state index in [-0.39, 0.29) is 5.91 Å². The molecule has 0 unspecified atom stereocenters. The van der Waals surface area contributed by atoms with E-state index in [1.54, 1.807) is 0 Å². The minimum Gasteiger partial charge on any atom is -0.366 e. The number of hydrogen-bond acceptors (Lipinski definition) is 2. The van der Waals surface area contributed by atoms with Crippen LogP contribution in [0, 0.1) is 5.92 Å². The van der Waals surface area contributed by atoms with Gasteiger partial charge in [0.25, 0.3) is 0 Å². The molecule has 0 aromatic heterocycles. The zero-order chi connectivity index (χ0) is 13.4. The molecule has 2 bridgehead atoms. The monoisotopic (exact) mass is 278 g/mol. The fourth-order valence-corrected chi connectivity index (χ4v) is 3.71. The van der Waals surface area contributed by atoms with Crippen molar-refractivity contribution < 1.29 is 4.79 Å². The molecule has 1 atom stereocenters. The number of halogens is 1. The first kappa shape index (κ1) is 12.9. The molecule has 2 N–H and O–H groups in total. The molecule has 3 heterocycles. The molecule has 0 aliphatic carbocycles. The number of piperidine rings is 3. The number of hydrogen-bond donors (Lipinski definition) is 1. The van der Waals surface area contributed by atoms with E-state index in [0.717, 1.165) is 17.7 Å². The Balaban J connectivity index is 2.00. The smallest absolute Gasteiger partial charge is 0.248 e. The Kier molecular flexibility index (Phi) is 3.50. The second-order valence-electron chi connectivity index (χ2n) is 5.66. The lowest BCUT2D eigenvalue weighted by Gasteiger charge is -2.45. The zero-order valence-electron chi connectivity index (χ0n) is 10.9. The van der Waals surface area contributed by atoms with Crippen molar-refractivity contribution >= 4 is 17.5 Å². The molecule has 0 spiro atoms.